The van der Waals surface area contributed by atoms with Gasteiger partial charge in [0.25, 0.3) is 0 Å². The number of ether oxygens (including phenoxy) is 2. The minimum Gasteiger partial charge on any atom is -0.392 e. The quantitative estimate of drug-likeness (QED) is 0.357. The van der Waals surface area contributed by atoms with Gasteiger partial charge in [-0.05, 0) is 54.4 Å². The first kappa shape index (κ1) is 24.6. The molecule has 1 aromatic rings. The fraction of sp³-hybridized carbons (Fsp3) is 0.714. The lowest BCUT2D eigenvalue weighted by Crippen LogP contribution is -2.63. The zero-order valence-electron chi connectivity index (χ0n) is 20.6. The number of hydrogen-bond donors (Lipinski definition) is 1. The third-order valence-electron chi connectivity index (χ3n) is 9.92. The summed E-state index contributed by atoms with van der Waals surface area (Å²) in [5.74, 6) is -0.239. The van der Waals surface area contributed by atoms with Gasteiger partial charge in [-0.2, -0.15) is 0 Å². The van der Waals surface area contributed by atoms with Gasteiger partial charge in [0.1, 0.15) is 18.9 Å². The second-order valence-corrected chi connectivity index (χ2v) is 11.3. The zero-order chi connectivity index (χ0) is 23.9. The Morgan fingerprint density at radius 1 is 1.18 bits per heavy atom. The molecule has 2 unspecified atom stereocenters. The van der Waals surface area contributed by atoms with Crippen LogP contribution >= 0.6 is 0 Å². The molecule has 0 heterocycles. The first-order chi connectivity index (χ1) is 15.7. The summed E-state index contributed by atoms with van der Waals surface area (Å²) in [6.07, 6.45) is 4.39. The molecule has 2 bridgehead atoms. The molecular weight excluding hydrogens is 416 g/mol. The normalized spacial score (nSPS) is 42.9. The molecule has 8 atom stereocenters. The molecular formula is C28H40O5. The molecule has 0 aromatic heterocycles. The number of carbonyl (C=O) groups is 2. The first-order valence-electron chi connectivity index (χ1n) is 12.6. The lowest BCUT2D eigenvalue weighted by atomic mass is 9.43. The standard InChI is InChI=1S/C28H40O5/c1-5-26(3)15-23(31)27(4)21(16-29)11-13-28(14-12-22(30)24(27)28)19(2)25(26)33-18-32-17-20-9-7-6-8-10-20/h6-10,16,19,21,23-25,31H,5,11-15,17-18H2,1-4H3/t19-,21+,23-,24?,25?,26-,27+,28+/m1/s1. The Kier molecular flexibility index (Phi) is 6.88. The van der Waals surface area contributed by atoms with E-state index in [9.17, 15) is 14.7 Å². The summed E-state index contributed by atoms with van der Waals surface area (Å²) in [7, 11) is 0. The summed E-state index contributed by atoms with van der Waals surface area (Å²) in [5, 5.41) is 11.6. The van der Waals surface area contributed by atoms with E-state index in [1.54, 1.807) is 0 Å². The smallest absolute Gasteiger partial charge is 0.147 e. The molecule has 0 radical (unpaired) electrons. The maximum absolute atomic E-state index is 13.3. The van der Waals surface area contributed by atoms with Crippen molar-refractivity contribution in [3.05, 3.63) is 35.9 Å². The van der Waals surface area contributed by atoms with E-state index in [0.29, 0.717) is 19.4 Å². The van der Waals surface area contributed by atoms with Crippen molar-refractivity contribution in [2.75, 3.05) is 6.79 Å². The Morgan fingerprint density at radius 2 is 1.91 bits per heavy atom. The average molecular weight is 457 g/mol. The molecule has 5 nitrogen and oxygen atoms in total. The van der Waals surface area contributed by atoms with Crippen LogP contribution in [0.25, 0.3) is 0 Å². The second kappa shape index (κ2) is 9.24. The molecule has 0 saturated heterocycles. The van der Waals surface area contributed by atoms with E-state index in [4.69, 9.17) is 9.47 Å². The minimum absolute atomic E-state index is 0.124. The lowest BCUT2D eigenvalue weighted by molar-refractivity contribution is -0.225. The van der Waals surface area contributed by atoms with Crippen LogP contribution < -0.4 is 0 Å². The highest BCUT2D eigenvalue weighted by molar-refractivity contribution is 5.86. The summed E-state index contributed by atoms with van der Waals surface area (Å²) in [4.78, 5) is 25.4. The van der Waals surface area contributed by atoms with Crippen LogP contribution in [0.2, 0.25) is 0 Å². The number of Topliss-reactive ketones (excluding diaryl/α,β-unsaturated/α-hetero) is 1. The van der Waals surface area contributed by atoms with Gasteiger partial charge in [-0.15, -0.1) is 0 Å². The molecule has 3 aliphatic carbocycles. The highest BCUT2D eigenvalue weighted by Gasteiger charge is 2.68. The lowest BCUT2D eigenvalue weighted by Gasteiger charge is -2.61. The summed E-state index contributed by atoms with van der Waals surface area (Å²) in [5.41, 5.74) is -0.145. The summed E-state index contributed by atoms with van der Waals surface area (Å²) >= 11 is 0. The van der Waals surface area contributed by atoms with Gasteiger partial charge >= 0.3 is 0 Å². The van der Waals surface area contributed by atoms with Crippen molar-refractivity contribution in [2.45, 2.75) is 85.0 Å². The van der Waals surface area contributed by atoms with E-state index >= 15 is 0 Å². The number of carbonyl (C=O) groups excluding carboxylic acids is 2. The van der Waals surface area contributed by atoms with Gasteiger partial charge in [-0.3, -0.25) is 4.79 Å². The number of benzene rings is 1. The van der Waals surface area contributed by atoms with E-state index in [1.165, 1.54) is 0 Å². The van der Waals surface area contributed by atoms with Gasteiger partial charge in [0.05, 0.1) is 18.8 Å². The van der Waals surface area contributed by atoms with E-state index in [2.05, 4.69) is 20.8 Å². The molecule has 3 aliphatic rings. The number of aldehydes is 1. The topological polar surface area (TPSA) is 72.8 Å². The van der Waals surface area contributed by atoms with Crippen LogP contribution in [0.1, 0.15) is 71.8 Å². The van der Waals surface area contributed by atoms with Crippen LogP contribution in [0.5, 0.6) is 0 Å². The largest absolute Gasteiger partial charge is 0.392 e. The van der Waals surface area contributed by atoms with E-state index in [0.717, 1.165) is 37.5 Å². The van der Waals surface area contributed by atoms with Gasteiger partial charge in [-0.25, -0.2) is 0 Å². The number of aliphatic hydroxyl groups excluding tert-OH is 1. The predicted octanol–water partition coefficient (Wildman–Crippen LogP) is 4.94. The van der Waals surface area contributed by atoms with Crippen LogP contribution in [0.15, 0.2) is 30.3 Å². The third kappa shape index (κ3) is 3.90. The maximum atomic E-state index is 13.3. The minimum atomic E-state index is -0.729. The van der Waals surface area contributed by atoms with Crippen molar-refractivity contribution in [1.82, 2.24) is 0 Å². The molecule has 1 N–H and O–H groups in total. The van der Waals surface area contributed by atoms with E-state index in [1.807, 2.05) is 37.3 Å². The number of rotatable bonds is 7. The average Bonchev–Trinajstić information content (AvgIpc) is 3.17. The van der Waals surface area contributed by atoms with Gasteiger partial charge in [0, 0.05) is 23.7 Å². The van der Waals surface area contributed by atoms with Crippen molar-refractivity contribution in [1.29, 1.82) is 0 Å². The zero-order valence-corrected chi connectivity index (χ0v) is 20.6. The SMILES string of the molecule is CC[C@]1(C)C[C@@H](O)[C@@]2(C)C3C(=O)CC[C@@]3(CC[C@H]2C=O)[C@H](C)C1OCOCc1ccccc1. The molecule has 4 rings (SSSR count). The van der Waals surface area contributed by atoms with Crippen molar-refractivity contribution >= 4 is 12.1 Å². The van der Waals surface area contributed by atoms with Crippen LogP contribution in [0.3, 0.4) is 0 Å². The number of ketones is 1. The van der Waals surface area contributed by atoms with Gasteiger partial charge in [0.2, 0.25) is 0 Å². The van der Waals surface area contributed by atoms with Crippen molar-refractivity contribution < 1.29 is 24.2 Å². The second-order valence-electron chi connectivity index (χ2n) is 11.3. The molecule has 3 saturated carbocycles. The van der Waals surface area contributed by atoms with E-state index < -0.39 is 11.5 Å². The molecule has 0 spiro atoms. The summed E-state index contributed by atoms with van der Waals surface area (Å²) < 4.78 is 12.4. The Hall–Kier alpha value is -1.56. The molecule has 182 valence electrons. The number of hydrogen-bond acceptors (Lipinski definition) is 5. The van der Waals surface area contributed by atoms with Crippen molar-refractivity contribution in [3.63, 3.8) is 0 Å². The summed E-state index contributed by atoms with van der Waals surface area (Å²) in [6.45, 7) is 9.24. The van der Waals surface area contributed by atoms with Crippen LogP contribution in [-0.2, 0) is 25.7 Å². The highest BCUT2D eigenvalue weighted by Crippen LogP contribution is 2.67. The third-order valence-corrected chi connectivity index (χ3v) is 9.92. The van der Waals surface area contributed by atoms with E-state index in [-0.39, 0.29) is 47.3 Å². The molecule has 0 amide bonds. The van der Waals surface area contributed by atoms with Crippen molar-refractivity contribution in [2.24, 2.45) is 34.0 Å². The Balaban J connectivity index is 1.64. The van der Waals surface area contributed by atoms with Gasteiger partial charge in [0.15, 0.2) is 0 Å². The van der Waals surface area contributed by atoms with Gasteiger partial charge in [-0.1, -0.05) is 58.0 Å². The van der Waals surface area contributed by atoms with Crippen LogP contribution in [0.4, 0.5) is 0 Å². The summed E-state index contributed by atoms with van der Waals surface area (Å²) in [6, 6.07) is 10.0. The fourth-order valence-corrected chi connectivity index (χ4v) is 7.75. The monoisotopic (exact) mass is 456 g/mol. The predicted molar refractivity (Wildman–Crippen MR) is 126 cm³/mol. The molecule has 5 heteroatoms. The Morgan fingerprint density at radius 3 is 2.58 bits per heavy atom. The molecule has 33 heavy (non-hydrogen) atoms. The van der Waals surface area contributed by atoms with Crippen molar-refractivity contribution in [3.8, 4) is 0 Å². The molecule has 3 fully saturated rings. The number of aliphatic hydroxyl groups is 1. The fourth-order valence-electron chi connectivity index (χ4n) is 7.75. The highest BCUT2D eigenvalue weighted by atomic mass is 16.7. The molecule has 0 aliphatic heterocycles. The van der Waals surface area contributed by atoms with Crippen LogP contribution in [0, 0.1) is 34.0 Å². The molecule has 1 aromatic carbocycles. The maximum Gasteiger partial charge on any atom is 0.147 e. The van der Waals surface area contributed by atoms with Crippen LogP contribution in [-0.4, -0.2) is 36.2 Å². The first-order valence-corrected chi connectivity index (χ1v) is 12.6. The Labute approximate surface area is 198 Å². The van der Waals surface area contributed by atoms with Gasteiger partial charge < -0.3 is 19.4 Å². The Bertz CT molecular complexity index is 855.